The van der Waals surface area contributed by atoms with Crippen LogP contribution in [-0.4, -0.2) is 49.7 Å². The number of rotatable bonds is 4. The van der Waals surface area contributed by atoms with Crippen LogP contribution in [0.25, 0.3) is 0 Å². The minimum atomic E-state index is 0.0686. The number of ether oxygens (including phenoxy) is 2. The molecule has 0 N–H and O–H groups in total. The molecule has 1 aliphatic heterocycles. The molecule has 5 nitrogen and oxygen atoms in total. The Morgan fingerprint density at radius 1 is 1.42 bits per heavy atom. The van der Waals surface area contributed by atoms with Crippen LogP contribution in [0.4, 0.5) is 0 Å². The van der Waals surface area contributed by atoms with Gasteiger partial charge in [0, 0.05) is 32.0 Å². The predicted octanol–water partition coefficient (Wildman–Crippen LogP) is 1.44. The van der Waals surface area contributed by atoms with Crippen molar-refractivity contribution in [2.75, 3.05) is 33.9 Å². The third kappa shape index (κ3) is 3.23. The number of aromatic nitrogens is 1. The highest BCUT2D eigenvalue weighted by molar-refractivity contribution is 5.77. The minimum Gasteiger partial charge on any atom is -0.481 e. The summed E-state index contributed by atoms with van der Waals surface area (Å²) >= 11 is 0. The number of pyridine rings is 1. The molecule has 19 heavy (non-hydrogen) atoms. The number of carbonyl (C=O) groups is 1. The fourth-order valence-electron chi connectivity index (χ4n) is 2.54. The molecule has 1 fully saturated rings. The van der Waals surface area contributed by atoms with Crippen molar-refractivity contribution in [2.45, 2.75) is 18.8 Å². The molecule has 1 amide bonds. The maximum Gasteiger partial charge on any atom is 0.248 e. The van der Waals surface area contributed by atoms with Gasteiger partial charge in [-0.25, -0.2) is 4.98 Å². The number of likely N-dealkylation sites (tertiary alicyclic amines) is 1. The van der Waals surface area contributed by atoms with Crippen LogP contribution < -0.4 is 4.74 Å². The van der Waals surface area contributed by atoms with E-state index in [-0.39, 0.29) is 12.5 Å². The van der Waals surface area contributed by atoms with Gasteiger partial charge in [-0.3, -0.25) is 4.79 Å². The lowest BCUT2D eigenvalue weighted by atomic mass is 9.90. The fraction of sp³-hybridized carbons (Fsp3) is 0.571. The zero-order valence-corrected chi connectivity index (χ0v) is 11.5. The summed E-state index contributed by atoms with van der Waals surface area (Å²) in [5, 5.41) is 0. The van der Waals surface area contributed by atoms with Crippen molar-refractivity contribution in [1.82, 2.24) is 9.88 Å². The number of nitrogens with zero attached hydrogens (tertiary/aromatic N) is 2. The second-order valence-electron chi connectivity index (χ2n) is 4.69. The zero-order valence-electron chi connectivity index (χ0n) is 11.5. The van der Waals surface area contributed by atoms with E-state index in [1.807, 2.05) is 11.0 Å². The van der Waals surface area contributed by atoms with Gasteiger partial charge in [-0.05, 0) is 24.8 Å². The Balaban J connectivity index is 1.98. The van der Waals surface area contributed by atoms with Crippen LogP contribution in [0.3, 0.4) is 0 Å². The molecule has 1 aromatic heterocycles. The molecule has 0 atom stereocenters. The molecule has 2 heterocycles. The fourth-order valence-corrected chi connectivity index (χ4v) is 2.54. The standard InChI is InChI=1S/C14H20N2O3/c1-18-10-13(17)16-8-5-11(6-9-16)12-4-3-7-15-14(12)19-2/h3-4,7,11H,5-6,8-10H2,1-2H3. The van der Waals surface area contributed by atoms with E-state index in [1.54, 1.807) is 20.4 Å². The summed E-state index contributed by atoms with van der Waals surface area (Å²) in [4.78, 5) is 17.8. The Morgan fingerprint density at radius 3 is 2.79 bits per heavy atom. The summed E-state index contributed by atoms with van der Waals surface area (Å²) in [6.07, 6.45) is 3.62. The number of piperidine rings is 1. The van der Waals surface area contributed by atoms with Gasteiger partial charge in [-0.1, -0.05) is 6.07 Å². The van der Waals surface area contributed by atoms with Crippen LogP contribution in [0.5, 0.6) is 5.88 Å². The molecule has 0 aromatic carbocycles. The van der Waals surface area contributed by atoms with E-state index in [0.29, 0.717) is 11.8 Å². The van der Waals surface area contributed by atoms with Crippen molar-refractivity contribution < 1.29 is 14.3 Å². The van der Waals surface area contributed by atoms with Crippen LogP contribution >= 0.6 is 0 Å². The molecule has 0 spiro atoms. The summed E-state index contributed by atoms with van der Waals surface area (Å²) in [6.45, 7) is 1.71. The van der Waals surface area contributed by atoms with Crippen LogP contribution in [0, 0.1) is 0 Å². The lowest BCUT2D eigenvalue weighted by molar-refractivity contribution is -0.136. The Hall–Kier alpha value is -1.62. The number of carbonyl (C=O) groups excluding carboxylic acids is 1. The van der Waals surface area contributed by atoms with E-state index in [0.717, 1.165) is 31.5 Å². The quantitative estimate of drug-likeness (QED) is 0.826. The van der Waals surface area contributed by atoms with Crippen molar-refractivity contribution in [3.05, 3.63) is 23.9 Å². The first-order valence-electron chi connectivity index (χ1n) is 6.52. The molecule has 2 rings (SSSR count). The topological polar surface area (TPSA) is 51.7 Å². The summed E-state index contributed by atoms with van der Waals surface area (Å²) in [5.74, 6) is 1.18. The smallest absolute Gasteiger partial charge is 0.248 e. The van der Waals surface area contributed by atoms with Crippen molar-refractivity contribution in [2.24, 2.45) is 0 Å². The van der Waals surface area contributed by atoms with Gasteiger partial charge >= 0.3 is 0 Å². The molecule has 0 unspecified atom stereocenters. The maximum absolute atomic E-state index is 11.7. The summed E-state index contributed by atoms with van der Waals surface area (Å²) in [5.41, 5.74) is 1.14. The van der Waals surface area contributed by atoms with Crippen LogP contribution in [0.1, 0.15) is 24.3 Å². The molecule has 0 saturated carbocycles. The van der Waals surface area contributed by atoms with Crippen molar-refractivity contribution in [3.8, 4) is 5.88 Å². The Kier molecular flexibility index (Phi) is 4.74. The van der Waals surface area contributed by atoms with Crippen molar-refractivity contribution >= 4 is 5.91 Å². The van der Waals surface area contributed by atoms with E-state index < -0.39 is 0 Å². The van der Waals surface area contributed by atoms with Gasteiger partial charge in [0.15, 0.2) is 0 Å². The summed E-state index contributed by atoms with van der Waals surface area (Å²) < 4.78 is 10.2. The van der Waals surface area contributed by atoms with Gasteiger partial charge in [-0.15, -0.1) is 0 Å². The second kappa shape index (κ2) is 6.52. The number of methoxy groups -OCH3 is 2. The molecular formula is C14H20N2O3. The predicted molar refractivity (Wildman–Crippen MR) is 71.2 cm³/mol. The Bertz CT molecular complexity index is 428. The van der Waals surface area contributed by atoms with Crippen molar-refractivity contribution in [1.29, 1.82) is 0 Å². The number of hydrogen-bond acceptors (Lipinski definition) is 4. The van der Waals surface area contributed by atoms with E-state index in [4.69, 9.17) is 9.47 Å². The first-order chi connectivity index (χ1) is 9.26. The molecule has 1 aliphatic rings. The van der Waals surface area contributed by atoms with Gasteiger partial charge in [0.1, 0.15) is 6.61 Å². The maximum atomic E-state index is 11.7. The third-order valence-corrected chi connectivity index (χ3v) is 3.55. The average Bonchev–Trinajstić information content (AvgIpc) is 2.47. The van der Waals surface area contributed by atoms with Crippen LogP contribution in [0.15, 0.2) is 18.3 Å². The molecule has 1 saturated heterocycles. The number of hydrogen-bond donors (Lipinski definition) is 0. The normalized spacial score (nSPS) is 16.4. The second-order valence-corrected chi connectivity index (χ2v) is 4.69. The van der Waals surface area contributed by atoms with Gasteiger partial charge in [0.2, 0.25) is 11.8 Å². The van der Waals surface area contributed by atoms with Crippen molar-refractivity contribution in [3.63, 3.8) is 0 Å². The third-order valence-electron chi connectivity index (χ3n) is 3.55. The molecule has 1 aromatic rings. The number of amides is 1. The average molecular weight is 264 g/mol. The molecule has 0 aliphatic carbocycles. The van der Waals surface area contributed by atoms with Crippen LogP contribution in [0.2, 0.25) is 0 Å². The lowest BCUT2D eigenvalue weighted by Crippen LogP contribution is -2.39. The summed E-state index contributed by atoms with van der Waals surface area (Å²) in [7, 11) is 3.19. The van der Waals surface area contributed by atoms with Gasteiger partial charge < -0.3 is 14.4 Å². The minimum absolute atomic E-state index is 0.0686. The molecule has 104 valence electrons. The zero-order chi connectivity index (χ0) is 13.7. The first kappa shape index (κ1) is 13.8. The molecule has 0 radical (unpaired) electrons. The SMILES string of the molecule is COCC(=O)N1CCC(c2cccnc2OC)CC1. The van der Waals surface area contributed by atoms with Gasteiger partial charge in [-0.2, -0.15) is 0 Å². The Morgan fingerprint density at radius 2 is 2.16 bits per heavy atom. The van der Waals surface area contributed by atoms with E-state index >= 15 is 0 Å². The molecule has 5 heteroatoms. The highest BCUT2D eigenvalue weighted by Gasteiger charge is 2.25. The molecule has 0 bridgehead atoms. The van der Waals surface area contributed by atoms with Gasteiger partial charge in [0.25, 0.3) is 0 Å². The highest BCUT2D eigenvalue weighted by Crippen LogP contribution is 2.32. The Labute approximate surface area is 113 Å². The molecular weight excluding hydrogens is 244 g/mol. The monoisotopic (exact) mass is 264 g/mol. The van der Waals surface area contributed by atoms with E-state index in [9.17, 15) is 4.79 Å². The lowest BCUT2D eigenvalue weighted by Gasteiger charge is -2.32. The van der Waals surface area contributed by atoms with Crippen LogP contribution in [-0.2, 0) is 9.53 Å². The largest absolute Gasteiger partial charge is 0.481 e. The summed E-state index contributed by atoms with van der Waals surface area (Å²) in [6, 6.07) is 3.99. The van der Waals surface area contributed by atoms with Gasteiger partial charge in [0.05, 0.1) is 7.11 Å². The highest BCUT2D eigenvalue weighted by atomic mass is 16.5. The van der Waals surface area contributed by atoms with E-state index in [1.165, 1.54) is 0 Å². The van der Waals surface area contributed by atoms with E-state index in [2.05, 4.69) is 11.1 Å². The first-order valence-corrected chi connectivity index (χ1v) is 6.52.